The van der Waals surface area contributed by atoms with Crippen molar-refractivity contribution in [3.05, 3.63) is 68.5 Å². The summed E-state index contributed by atoms with van der Waals surface area (Å²) in [4.78, 5) is 29.5. The third kappa shape index (κ3) is 3.13. The molecule has 3 rings (SSSR count). The predicted octanol–water partition coefficient (Wildman–Crippen LogP) is 3.29. The summed E-state index contributed by atoms with van der Waals surface area (Å²) in [5, 5.41) is 5.28. The minimum atomic E-state index is -0.426. The molecule has 1 N–H and O–H groups in total. The van der Waals surface area contributed by atoms with E-state index in [9.17, 15) is 9.59 Å². The number of hydrogen-bond donors (Lipinski definition) is 1. The number of carbonyl (C=O) groups excluding carboxylic acids is 1. The summed E-state index contributed by atoms with van der Waals surface area (Å²) in [5.41, 5.74) is 0.614. The van der Waals surface area contributed by atoms with Crippen LogP contribution in [0, 0.1) is 0 Å². The third-order valence-corrected chi connectivity index (χ3v) is 4.60. The number of aromatic nitrogens is 2. The van der Waals surface area contributed by atoms with Gasteiger partial charge < -0.3 is 5.32 Å². The van der Waals surface area contributed by atoms with Crippen molar-refractivity contribution in [1.82, 2.24) is 14.7 Å². The molecule has 0 aliphatic carbocycles. The van der Waals surface area contributed by atoms with E-state index in [0.717, 1.165) is 5.56 Å². The van der Waals surface area contributed by atoms with Gasteiger partial charge in [-0.05, 0) is 24.1 Å². The van der Waals surface area contributed by atoms with E-state index in [2.05, 4.69) is 10.3 Å². The number of hydrogen-bond acceptors (Lipinski definition) is 4. The average molecular weight is 348 g/mol. The Hall–Kier alpha value is -2.18. The van der Waals surface area contributed by atoms with E-state index in [4.69, 9.17) is 11.6 Å². The van der Waals surface area contributed by atoms with Crippen molar-refractivity contribution < 1.29 is 4.79 Å². The number of nitrogens with one attached hydrogen (secondary N) is 1. The molecule has 2 heterocycles. The third-order valence-electron chi connectivity index (χ3n) is 3.57. The van der Waals surface area contributed by atoms with Crippen LogP contribution in [0.2, 0.25) is 5.02 Å². The molecule has 0 radical (unpaired) electrons. The Balaban J connectivity index is 1.88. The largest absolute Gasteiger partial charge is 0.345 e. The molecule has 5 nitrogen and oxygen atoms in total. The maximum atomic E-state index is 12.5. The van der Waals surface area contributed by atoms with Crippen LogP contribution in [0.25, 0.3) is 4.96 Å². The fourth-order valence-corrected chi connectivity index (χ4v) is 3.13. The highest BCUT2D eigenvalue weighted by molar-refractivity contribution is 7.15. The van der Waals surface area contributed by atoms with E-state index < -0.39 is 5.91 Å². The zero-order valence-corrected chi connectivity index (χ0v) is 13.9. The molecule has 1 amide bonds. The number of fused-ring (bicyclic) bond motifs is 1. The molecule has 0 fully saturated rings. The first-order valence-corrected chi connectivity index (χ1v) is 8.37. The van der Waals surface area contributed by atoms with Crippen LogP contribution in [0.1, 0.15) is 35.3 Å². The van der Waals surface area contributed by atoms with Crippen molar-refractivity contribution in [3.8, 4) is 0 Å². The van der Waals surface area contributed by atoms with Crippen LogP contribution in [0.5, 0.6) is 0 Å². The highest BCUT2D eigenvalue weighted by Crippen LogP contribution is 2.19. The zero-order chi connectivity index (χ0) is 16.4. The lowest BCUT2D eigenvalue weighted by atomic mass is 10.0. The van der Waals surface area contributed by atoms with Crippen molar-refractivity contribution in [2.45, 2.75) is 19.4 Å². The average Bonchev–Trinajstić information content (AvgIpc) is 3.03. The number of thiazole rings is 1. The summed E-state index contributed by atoms with van der Waals surface area (Å²) in [6, 6.07) is 7.09. The van der Waals surface area contributed by atoms with E-state index in [-0.39, 0.29) is 17.2 Å². The second-order valence-corrected chi connectivity index (χ2v) is 6.33. The molecule has 0 saturated carbocycles. The van der Waals surface area contributed by atoms with E-state index in [1.165, 1.54) is 21.9 Å². The molecule has 1 atom stereocenters. The van der Waals surface area contributed by atoms with Crippen LogP contribution in [0.3, 0.4) is 0 Å². The van der Waals surface area contributed by atoms with Crippen LogP contribution >= 0.6 is 22.9 Å². The van der Waals surface area contributed by atoms with Gasteiger partial charge in [0.05, 0.1) is 6.04 Å². The lowest BCUT2D eigenvalue weighted by Crippen LogP contribution is -2.33. The maximum Gasteiger partial charge on any atom is 0.271 e. The molecule has 0 aliphatic rings. The Morgan fingerprint density at radius 2 is 2.13 bits per heavy atom. The van der Waals surface area contributed by atoms with E-state index in [1.54, 1.807) is 23.7 Å². The summed E-state index contributed by atoms with van der Waals surface area (Å²) in [6.07, 6.45) is 3.64. The number of benzene rings is 1. The summed E-state index contributed by atoms with van der Waals surface area (Å²) in [7, 11) is 0. The number of carbonyl (C=O) groups is 1. The predicted molar refractivity (Wildman–Crippen MR) is 91.3 cm³/mol. The van der Waals surface area contributed by atoms with Gasteiger partial charge in [-0.3, -0.25) is 14.0 Å². The van der Waals surface area contributed by atoms with Gasteiger partial charge in [-0.15, -0.1) is 11.3 Å². The van der Waals surface area contributed by atoms with Crippen LogP contribution in [-0.2, 0) is 0 Å². The molecule has 7 heteroatoms. The number of nitrogens with zero attached hydrogens (tertiary/aromatic N) is 2. The molecule has 23 heavy (non-hydrogen) atoms. The van der Waals surface area contributed by atoms with Crippen LogP contribution in [0.15, 0.2) is 46.8 Å². The number of halogens is 1. The van der Waals surface area contributed by atoms with Crippen LogP contribution in [-0.4, -0.2) is 15.3 Å². The Labute approximate surface area is 141 Å². The lowest BCUT2D eigenvalue weighted by molar-refractivity contribution is 0.0933. The summed E-state index contributed by atoms with van der Waals surface area (Å²) in [5.74, 6) is -0.426. The first-order chi connectivity index (χ1) is 11.1. The Morgan fingerprint density at radius 1 is 1.39 bits per heavy atom. The normalized spacial score (nSPS) is 12.3. The molecule has 3 aromatic rings. The molecule has 118 valence electrons. The molecule has 0 bridgehead atoms. The number of rotatable bonds is 4. The van der Waals surface area contributed by atoms with Gasteiger partial charge in [-0.25, -0.2) is 4.98 Å². The standard InChI is InChI=1S/C16H14ClN3O2S/c1-2-13(10-3-5-11(17)6-4-10)19-14(21)12-9-18-16-20(15(12)22)7-8-23-16/h3-9,13H,2H2,1H3,(H,19,21). The summed E-state index contributed by atoms with van der Waals surface area (Å²) in [6.45, 7) is 1.97. The van der Waals surface area contributed by atoms with Crippen molar-refractivity contribution >= 4 is 33.8 Å². The quantitative estimate of drug-likeness (QED) is 0.787. The topological polar surface area (TPSA) is 63.5 Å². The smallest absolute Gasteiger partial charge is 0.271 e. The minimum absolute atomic E-state index is 0.0355. The maximum absolute atomic E-state index is 12.5. The van der Waals surface area contributed by atoms with Crippen molar-refractivity contribution in [3.63, 3.8) is 0 Å². The molecule has 0 saturated heterocycles. The van der Waals surface area contributed by atoms with Gasteiger partial charge in [-0.1, -0.05) is 30.7 Å². The highest BCUT2D eigenvalue weighted by atomic mass is 35.5. The summed E-state index contributed by atoms with van der Waals surface area (Å²) < 4.78 is 1.38. The lowest BCUT2D eigenvalue weighted by Gasteiger charge is -2.17. The molecule has 0 aliphatic heterocycles. The van der Waals surface area contributed by atoms with Crippen molar-refractivity contribution in [2.24, 2.45) is 0 Å². The fraction of sp³-hybridized carbons (Fsp3) is 0.188. The minimum Gasteiger partial charge on any atom is -0.345 e. The van der Waals surface area contributed by atoms with Gasteiger partial charge >= 0.3 is 0 Å². The van der Waals surface area contributed by atoms with Gasteiger partial charge in [0.2, 0.25) is 0 Å². The van der Waals surface area contributed by atoms with Gasteiger partial charge in [0.25, 0.3) is 11.5 Å². The van der Waals surface area contributed by atoms with E-state index in [1.807, 2.05) is 19.1 Å². The van der Waals surface area contributed by atoms with Gasteiger partial charge in [-0.2, -0.15) is 0 Å². The van der Waals surface area contributed by atoms with Crippen LogP contribution < -0.4 is 10.9 Å². The Morgan fingerprint density at radius 3 is 2.83 bits per heavy atom. The first-order valence-electron chi connectivity index (χ1n) is 7.11. The Kier molecular flexibility index (Phi) is 4.45. The number of amides is 1. The van der Waals surface area contributed by atoms with Gasteiger partial charge in [0.15, 0.2) is 4.96 Å². The SMILES string of the molecule is CCC(NC(=O)c1cnc2sccn2c1=O)c1ccc(Cl)cc1. The van der Waals surface area contributed by atoms with Gasteiger partial charge in [0.1, 0.15) is 5.56 Å². The van der Waals surface area contributed by atoms with Crippen LogP contribution in [0.4, 0.5) is 0 Å². The molecule has 1 aromatic carbocycles. The molecular formula is C16H14ClN3O2S. The fourth-order valence-electron chi connectivity index (χ4n) is 2.33. The highest BCUT2D eigenvalue weighted by Gasteiger charge is 2.18. The van der Waals surface area contributed by atoms with Crippen molar-refractivity contribution in [2.75, 3.05) is 0 Å². The molecule has 2 aromatic heterocycles. The van der Waals surface area contributed by atoms with Crippen molar-refractivity contribution in [1.29, 1.82) is 0 Å². The molecular weight excluding hydrogens is 334 g/mol. The van der Waals surface area contributed by atoms with Gasteiger partial charge in [0, 0.05) is 22.8 Å². The first kappa shape index (κ1) is 15.7. The molecule has 1 unspecified atom stereocenters. The second kappa shape index (κ2) is 6.52. The second-order valence-electron chi connectivity index (χ2n) is 5.02. The monoisotopic (exact) mass is 347 g/mol. The summed E-state index contributed by atoms with van der Waals surface area (Å²) >= 11 is 7.23. The Bertz CT molecular complexity index is 902. The van der Waals surface area contributed by atoms with E-state index >= 15 is 0 Å². The van der Waals surface area contributed by atoms with E-state index in [0.29, 0.717) is 16.4 Å². The molecule has 0 spiro atoms. The zero-order valence-electron chi connectivity index (χ0n) is 12.3.